The topological polar surface area (TPSA) is 47.6 Å². The van der Waals surface area contributed by atoms with E-state index in [0.717, 1.165) is 68.9 Å². The van der Waals surface area contributed by atoms with Crippen LogP contribution in [0.1, 0.15) is 36.0 Å². The van der Waals surface area contributed by atoms with E-state index in [1.54, 1.807) is 0 Å². The van der Waals surface area contributed by atoms with Crippen molar-refractivity contribution in [2.45, 2.75) is 39.2 Å². The molecule has 0 atom stereocenters. The van der Waals surface area contributed by atoms with Gasteiger partial charge in [-0.1, -0.05) is 30.3 Å². The molecule has 0 bridgehead atoms. The third-order valence-corrected chi connectivity index (χ3v) is 6.22. The quantitative estimate of drug-likeness (QED) is 0.547. The first-order valence-corrected chi connectivity index (χ1v) is 11.3. The van der Waals surface area contributed by atoms with Gasteiger partial charge in [0.15, 0.2) is 5.11 Å². The fraction of sp³-hybridized carbons (Fsp3) is 0.417. The van der Waals surface area contributed by atoms with Gasteiger partial charge in [0, 0.05) is 50.5 Å². The number of rotatable bonds is 6. The molecule has 5 nitrogen and oxygen atoms in total. The van der Waals surface area contributed by atoms with Crippen molar-refractivity contribution < 1.29 is 4.79 Å². The Labute approximate surface area is 184 Å². The molecule has 0 saturated carbocycles. The molecule has 158 valence electrons. The number of hydrogen-bond acceptors (Lipinski definition) is 3. The Kier molecular flexibility index (Phi) is 6.65. The first kappa shape index (κ1) is 20.8. The Morgan fingerprint density at radius 2 is 1.93 bits per heavy atom. The van der Waals surface area contributed by atoms with Gasteiger partial charge >= 0.3 is 0 Å². The molecule has 30 heavy (non-hydrogen) atoms. The van der Waals surface area contributed by atoms with Crippen LogP contribution in [-0.4, -0.2) is 42.1 Å². The Morgan fingerprint density at radius 3 is 2.73 bits per heavy atom. The molecule has 0 aliphatic carbocycles. The average Bonchev–Trinajstić information content (AvgIpc) is 3.18. The molecule has 0 unspecified atom stereocenters. The second-order valence-electron chi connectivity index (χ2n) is 8.18. The zero-order valence-corrected chi connectivity index (χ0v) is 18.4. The maximum Gasteiger partial charge on any atom is 0.227 e. The molecule has 2 aromatic rings. The maximum absolute atomic E-state index is 12.1. The van der Waals surface area contributed by atoms with E-state index in [2.05, 4.69) is 39.8 Å². The largest absolute Gasteiger partial charge is 0.362 e. The van der Waals surface area contributed by atoms with Gasteiger partial charge in [-0.25, -0.2) is 0 Å². The molecular formula is C24H30N4OS. The molecule has 4 rings (SSSR count). The van der Waals surface area contributed by atoms with E-state index in [0.29, 0.717) is 11.5 Å². The van der Waals surface area contributed by atoms with Crippen LogP contribution in [0.15, 0.2) is 42.5 Å². The zero-order chi connectivity index (χ0) is 20.9. The standard InChI is InChI=1S/C24H30N4OS/c1-18-9-10-21(16-22(18)28-14-4-8-23(28)29)26-24(30)25-12-5-13-27-15-11-19-6-2-3-7-20(19)17-27/h2-3,6-7,9-10,16H,4-5,8,11-15,17H2,1H3,(H2,25,26,30). The third kappa shape index (κ3) is 4.99. The first-order valence-electron chi connectivity index (χ1n) is 10.8. The molecule has 1 fully saturated rings. The number of anilines is 2. The first-order chi connectivity index (χ1) is 14.6. The molecule has 0 spiro atoms. The van der Waals surface area contributed by atoms with Crippen molar-refractivity contribution in [1.29, 1.82) is 0 Å². The molecule has 6 heteroatoms. The van der Waals surface area contributed by atoms with Crippen molar-refractivity contribution in [3.63, 3.8) is 0 Å². The number of fused-ring (bicyclic) bond motifs is 1. The minimum Gasteiger partial charge on any atom is -0.362 e. The number of aryl methyl sites for hydroxylation is 1. The summed E-state index contributed by atoms with van der Waals surface area (Å²) in [6.45, 7) is 6.91. The minimum absolute atomic E-state index is 0.205. The molecule has 2 aliphatic heterocycles. The average molecular weight is 423 g/mol. The van der Waals surface area contributed by atoms with E-state index in [1.807, 2.05) is 30.0 Å². The Hall–Kier alpha value is -2.44. The predicted molar refractivity (Wildman–Crippen MR) is 127 cm³/mol. The van der Waals surface area contributed by atoms with Crippen LogP contribution in [0.2, 0.25) is 0 Å². The lowest BCUT2D eigenvalue weighted by molar-refractivity contribution is -0.117. The van der Waals surface area contributed by atoms with Crippen molar-refractivity contribution in [3.8, 4) is 0 Å². The molecule has 0 radical (unpaired) electrons. The Balaban J connectivity index is 1.22. The lowest BCUT2D eigenvalue weighted by Crippen LogP contribution is -2.34. The number of hydrogen-bond donors (Lipinski definition) is 2. The smallest absolute Gasteiger partial charge is 0.227 e. The van der Waals surface area contributed by atoms with Crippen molar-refractivity contribution in [2.24, 2.45) is 0 Å². The number of nitrogens with zero attached hydrogens (tertiary/aromatic N) is 2. The van der Waals surface area contributed by atoms with Gasteiger partial charge in [-0.15, -0.1) is 0 Å². The van der Waals surface area contributed by atoms with Gasteiger partial charge in [-0.3, -0.25) is 9.69 Å². The fourth-order valence-electron chi connectivity index (χ4n) is 4.31. The highest BCUT2D eigenvalue weighted by Gasteiger charge is 2.23. The molecule has 0 aromatic heterocycles. The van der Waals surface area contributed by atoms with Gasteiger partial charge in [0.05, 0.1) is 0 Å². The summed E-state index contributed by atoms with van der Waals surface area (Å²) in [6.07, 6.45) is 3.75. The SMILES string of the molecule is Cc1ccc(NC(=S)NCCCN2CCc3ccccc3C2)cc1N1CCCC1=O. The minimum atomic E-state index is 0.205. The molecule has 2 aromatic carbocycles. The van der Waals surface area contributed by atoms with E-state index in [1.165, 1.54) is 11.1 Å². The van der Waals surface area contributed by atoms with Gasteiger partial charge < -0.3 is 15.5 Å². The van der Waals surface area contributed by atoms with Crippen molar-refractivity contribution in [2.75, 3.05) is 36.4 Å². The van der Waals surface area contributed by atoms with Crippen LogP contribution >= 0.6 is 12.2 Å². The Bertz CT molecular complexity index is 929. The fourth-order valence-corrected chi connectivity index (χ4v) is 4.53. The summed E-state index contributed by atoms with van der Waals surface area (Å²) < 4.78 is 0. The van der Waals surface area contributed by atoms with Crippen LogP contribution in [0.25, 0.3) is 0 Å². The van der Waals surface area contributed by atoms with Crippen LogP contribution in [0.3, 0.4) is 0 Å². The number of thiocarbonyl (C=S) groups is 1. The summed E-state index contributed by atoms with van der Waals surface area (Å²) in [5.74, 6) is 0.205. The monoisotopic (exact) mass is 422 g/mol. The summed E-state index contributed by atoms with van der Waals surface area (Å²) in [4.78, 5) is 16.5. The van der Waals surface area contributed by atoms with E-state index < -0.39 is 0 Å². The second-order valence-corrected chi connectivity index (χ2v) is 8.59. The van der Waals surface area contributed by atoms with Crippen molar-refractivity contribution in [1.82, 2.24) is 10.2 Å². The maximum atomic E-state index is 12.1. The number of benzene rings is 2. The van der Waals surface area contributed by atoms with Gasteiger partial charge in [0.25, 0.3) is 0 Å². The lowest BCUT2D eigenvalue weighted by Gasteiger charge is -2.28. The molecule has 2 aliphatic rings. The number of nitrogens with one attached hydrogen (secondary N) is 2. The van der Waals surface area contributed by atoms with Gasteiger partial charge in [-0.2, -0.15) is 0 Å². The summed E-state index contributed by atoms with van der Waals surface area (Å²) in [7, 11) is 0. The van der Waals surface area contributed by atoms with E-state index in [-0.39, 0.29) is 5.91 Å². The second kappa shape index (κ2) is 9.58. The molecule has 2 heterocycles. The van der Waals surface area contributed by atoms with Crippen LogP contribution in [-0.2, 0) is 17.8 Å². The molecule has 1 saturated heterocycles. The third-order valence-electron chi connectivity index (χ3n) is 5.98. The number of carbonyl (C=O) groups excluding carboxylic acids is 1. The van der Waals surface area contributed by atoms with E-state index >= 15 is 0 Å². The summed E-state index contributed by atoms with van der Waals surface area (Å²) in [5, 5.41) is 7.21. The summed E-state index contributed by atoms with van der Waals surface area (Å²) >= 11 is 5.48. The van der Waals surface area contributed by atoms with Crippen LogP contribution in [0, 0.1) is 6.92 Å². The van der Waals surface area contributed by atoms with Crippen molar-refractivity contribution in [3.05, 3.63) is 59.2 Å². The highest BCUT2D eigenvalue weighted by atomic mass is 32.1. The van der Waals surface area contributed by atoms with Gasteiger partial charge in [0.1, 0.15) is 0 Å². The van der Waals surface area contributed by atoms with Crippen LogP contribution in [0.4, 0.5) is 11.4 Å². The number of carbonyl (C=O) groups is 1. The van der Waals surface area contributed by atoms with Crippen LogP contribution in [0.5, 0.6) is 0 Å². The van der Waals surface area contributed by atoms with Crippen LogP contribution < -0.4 is 15.5 Å². The highest BCUT2D eigenvalue weighted by molar-refractivity contribution is 7.80. The highest BCUT2D eigenvalue weighted by Crippen LogP contribution is 2.28. The molecular weight excluding hydrogens is 392 g/mol. The van der Waals surface area contributed by atoms with E-state index in [4.69, 9.17) is 12.2 Å². The summed E-state index contributed by atoms with van der Waals surface area (Å²) in [6, 6.07) is 14.8. The molecule has 1 amide bonds. The zero-order valence-electron chi connectivity index (χ0n) is 17.6. The molecule has 2 N–H and O–H groups in total. The van der Waals surface area contributed by atoms with Crippen molar-refractivity contribution >= 4 is 34.6 Å². The number of amides is 1. The van der Waals surface area contributed by atoms with Gasteiger partial charge in [0.2, 0.25) is 5.91 Å². The predicted octanol–water partition coefficient (Wildman–Crippen LogP) is 3.86. The normalized spacial score (nSPS) is 16.4. The summed E-state index contributed by atoms with van der Waals surface area (Å²) in [5.41, 5.74) is 5.96. The van der Waals surface area contributed by atoms with Gasteiger partial charge in [-0.05, 0) is 67.2 Å². The Morgan fingerprint density at radius 1 is 1.10 bits per heavy atom. The van der Waals surface area contributed by atoms with E-state index in [9.17, 15) is 4.79 Å². The lowest BCUT2D eigenvalue weighted by atomic mass is 10.00.